The Morgan fingerprint density at radius 2 is 1.53 bits per heavy atom. The standard InChI is InChI=1S/C12H20O.C4H6O2/c1-2-12(13)10-4-8-3-9(6-10)7-11(12)5-8;1-3(2)4(5)6/h8-11,13H,2-7H2,1H3;1H2,2H3,(H,5,6). The maximum atomic E-state index is 10.6. The molecule has 4 fully saturated rings. The highest BCUT2D eigenvalue weighted by molar-refractivity contribution is 5.84. The van der Waals surface area contributed by atoms with Crippen LogP contribution in [0.5, 0.6) is 0 Å². The Balaban J connectivity index is 0.000000192. The van der Waals surface area contributed by atoms with Gasteiger partial charge in [0.2, 0.25) is 0 Å². The summed E-state index contributed by atoms with van der Waals surface area (Å²) in [4.78, 5) is 9.60. The molecule has 0 amide bonds. The van der Waals surface area contributed by atoms with E-state index >= 15 is 0 Å². The first-order valence-corrected chi connectivity index (χ1v) is 7.48. The smallest absolute Gasteiger partial charge is 0.330 e. The number of aliphatic carboxylic acids is 1. The van der Waals surface area contributed by atoms with Gasteiger partial charge in [0.15, 0.2) is 0 Å². The van der Waals surface area contributed by atoms with Gasteiger partial charge in [-0.05, 0) is 69.1 Å². The molecule has 0 aromatic carbocycles. The van der Waals surface area contributed by atoms with Gasteiger partial charge < -0.3 is 10.2 Å². The fourth-order valence-electron chi connectivity index (χ4n) is 4.58. The Bertz CT molecular complexity index is 332. The van der Waals surface area contributed by atoms with Gasteiger partial charge in [-0.25, -0.2) is 4.79 Å². The summed E-state index contributed by atoms with van der Waals surface area (Å²) in [5.41, 5.74) is -0.0806. The molecule has 0 spiro atoms. The van der Waals surface area contributed by atoms with Crippen LogP contribution in [0.1, 0.15) is 52.4 Å². The molecule has 3 heteroatoms. The summed E-state index contributed by atoms with van der Waals surface area (Å²) in [6.07, 6.45) is 7.79. The largest absolute Gasteiger partial charge is 0.478 e. The van der Waals surface area contributed by atoms with Crippen molar-refractivity contribution in [2.75, 3.05) is 0 Å². The minimum atomic E-state index is -0.935. The predicted molar refractivity (Wildman–Crippen MR) is 74.7 cm³/mol. The molecule has 4 aliphatic carbocycles. The lowest BCUT2D eigenvalue weighted by atomic mass is 9.49. The molecular formula is C16H26O3. The van der Waals surface area contributed by atoms with Crippen molar-refractivity contribution >= 4 is 5.97 Å². The zero-order valence-corrected chi connectivity index (χ0v) is 12.1. The van der Waals surface area contributed by atoms with Crippen LogP contribution in [0, 0.1) is 23.7 Å². The second kappa shape index (κ2) is 5.28. The van der Waals surface area contributed by atoms with E-state index < -0.39 is 5.97 Å². The summed E-state index contributed by atoms with van der Waals surface area (Å²) < 4.78 is 0. The maximum absolute atomic E-state index is 10.6. The Morgan fingerprint density at radius 3 is 1.79 bits per heavy atom. The number of carboxylic acids is 1. The van der Waals surface area contributed by atoms with Gasteiger partial charge in [0.1, 0.15) is 0 Å². The van der Waals surface area contributed by atoms with Crippen LogP contribution in [0.4, 0.5) is 0 Å². The lowest BCUT2D eigenvalue weighted by Gasteiger charge is -2.58. The molecule has 4 aliphatic rings. The average molecular weight is 266 g/mol. The Morgan fingerprint density at radius 1 is 1.16 bits per heavy atom. The zero-order chi connectivity index (χ0) is 14.2. The second-order valence-electron chi connectivity index (χ2n) is 6.73. The van der Waals surface area contributed by atoms with E-state index in [0.717, 1.165) is 18.3 Å². The number of carboxylic acid groups (broad SMARTS) is 1. The van der Waals surface area contributed by atoms with Crippen molar-refractivity contribution in [3.8, 4) is 0 Å². The van der Waals surface area contributed by atoms with Gasteiger partial charge in [-0.3, -0.25) is 0 Å². The molecule has 3 nitrogen and oxygen atoms in total. The fraction of sp³-hybridized carbons (Fsp3) is 0.812. The first-order valence-electron chi connectivity index (χ1n) is 7.48. The van der Waals surface area contributed by atoms with Crippen LogP contribution in [0.25, 0.3) is 0 Å². The van der Waals surface area contributed by atoms with Crippen LogP contribution in [0.15, 0.2) is 12.2 Å². The molecule has 0 radical (unpaired) electrons. The molecule has 4 saturated carbocycles. The highest BCUT2D eigenvalue weighted by Crippen LogP contribution is 2.59. The normalized spacial score (nSPS) is 42.5. The van der Waals surface area contributed by atoms with E-state index in [1.807, 2.05) is 0 Å². The van der Waals surface area contributed by atoms with E-state index in [2.05, 4.69) is 13.5 Å². The summed E-state index contributed by atoms with van der Waals surface area (Å²) in [5.74, 6) is 2.35. The monoisotopic (exact) mass is 266 g/mol. The number of hydrogen-bond donors (Lipinski definition) is 2. The van der Waals surface area contributed by atoms with E-state index in [4.69, 9.17) is 5.11 Å². The molecule has 0 unspecified atom stereocenters. The van der Waals surface area contributed by atoms with E-state index in [1.54, 1.807) is 0 Å². The highest BCUT2D eigenvalue weighted by Gasteiger charge is 2.55. The van der Waals surface area contributed by atoms with Crippen LogP contribution in [-0.2, 0) is 4.79 Å². The van der Waals surface area contributed by atoms with Crippen molar-refractivity contribution in [3.63, 3.8) is 0 Å². The van der Waals surface area contributed by atoms with Crippen molar-refractivity contribution in [3.05, 3.63) is 12.2 Å². The van der Waals surface area contributed by atoms with Gasteiger partial charge in [0, 0.05) is 5.57 Å². The molecule has 4 rings (SSSR count). The van der Waals surface area contributed by atoms with Gasteiger partial charge in [-0.2, -0.15) is 0 Å². The van der Waals surface area contributed by atoms with Crippen molar-refractivity contribution in [2.45, 2.75) is 58.0 Å². The number of rotatable bonds is 2. The molecule has 0 atom stereocenters. The Kier molecular flexibility index (Phi) is 4.05. The van der Waals surface area contributed by atoms with E-state index in [1.165, 1.54) is 39.0 Å². The quantitative estimate of drug-likeness (QED) is 0.754. The predicted octanol–water partition coefficient (Wildman–Crippen LogP) is 3.23. The van der Waals surface area contributed by atoms with Crippen molar-refractivity contribution in [1.29, 1.82) is 0 Å². The van der Waals surface area contributed by atoms with Crippen LogP contribution >= 0.6 is 0 Å². The molecule has 0 aromatic rings. The minimum absolute atomic E-state index is 0.176. The molecule has 0 saturated heterocycles. The molecule has 108 valence electrons. The number of carbonyl (C=O) groups is 1. The van der Waals surface area contributed by atoms with Crippen LogP contribution in [-0.4, -0.2) is 21.8 Å². The summed E-state index contributed by atoms with van der Waals surface area (Å²) in [6.45, 7) is 6.77. The van der Waals surface area contributed by atoms with E-state index in [9.17, 15) is 9.90 Å². The number of aliphatic hydroxyl groups is 1. The summed E-state index contributed by atoms with van der Waals surface area (Å²) in [5, 5.41) is 18.5. The van der Waals surface area contributed by atoms with Crippen molar-refractivity contribution in [2.24, 2.45) is 23.7 Å². The van der Waals surface area contributed by atoms with E-state index in [0.29, 0.717) is 11.8 Å². The van der Waals surface area contributed by atoms with Crippen LogP contribution in [0.2, 0.25) is 0 Å². The van der Waals surface area contributed by atoms with Gasteiger partial charge in [0.25, 0.3) is 0 Å². The van der Waals surface area contributed by atoms with Crippen molar-refractivity contribution in [1.82, 2.24) is 0 Å². The minimum Gasteiger partial charge on any atom is -0.478 e. The third-order valence-electron chi connectivity index (χ3n) is 5.48. The van der Waals surface area contributed by atoms with Gasteiger partial charge in [0.05, 0.1) is 5.60 Å². The third-order valence-corrected chi connectivity index (χ3v) is 5.48. The number of hydrogen-bond acceptors (Lipinski definition) is 2. The molecule has 2 N–H and O–H groups in total. The maximum Gasteiger partial charge on any atom is 0.330 e. The molecule has 0 aliphatic heterocycles. The molecule has 4 bridgehead atoms. The van der Waals surface area contributed by atoms with Crippen molar-refractivity contribution < 1.29 is 15.0 Å². The summed E-state index contributed by atoms with van der Waals surface area (Å²) in [7, 11) is 0. The molecular weight excluding hydrogens is 240 g/mol. The topological polar surface area (TPSA) is 57.5 Å². The summed E-state index contributed by atoms with van der Waals surface area (Å²) in [6, 6.07) is 0. The highest BCUT2D eigenvalue weighted by atomic mass is 16.4. The first-order chi connectivity index (χ1) is 8.86. The zero-order valence-electron chi connectivity index (χ0n) is 12.1. The van der Waals surface area contributed by atoms with Gasteiger partial charge >= 0.3 is 5.97 Å². The SMILES string of the molecule is C=C(C)C(=O)O.CCC1(O)C2CC3CC(C2)CC1C3. The lowest BCUT2D eigenvalue weighted by Crippen LogP contribution is -2.57. The summed E-state index contributed by atoms with van der Waals surface area (Å²) >= 11 is 0. The second-order valence-corrected chi connectivity index (χ2v) is 6.73. The first kappa shape index (κ1) is 14.6. The molecule has 0 aromatic heterocycles. The third kappa shape index (κ3) is 2.71. The Labute approximate surface area is 115 Å². The molecule has 19 heavy (non-hydrogen) atoms. The van der Waals surface area contributed by atoms with Gasteiger partial charge in [-0.1, -0.05) is 13.5 Å². The Hall–Kier alpha value is -0.830. The van der Waals surface area contributed by atoms with Crippen LogP contribution in [0.3, 0.4) is 0 Å². The average Bonchev–Trinajstić information content (AvgIpc) is 2.35. The van der Waals surface area contributed by atoms with Crippen LogP contribution < -0.4 is 0 Å². The fourth-order valence-corrected chi connectivity index (χ4v) is 4.58. The van der Waals surface area contributed by atoms with E-state index in [-0.39, 0.29) is 11.2 Å². The lowest BCUT2D eigenvalue weighted by molar-refractivity contribution is -0.173. The molecule has 0 heterocycles. The van der Waals surface area contributed by atoms with Gasteiger partial charge in [-0.15, -0.1) is 0 Å².